The smallest absolute Gasteiger partial charge is 0.301 e. The molecule has 1 N–H and O–H groups in total. The van der Waals surface area contributed by atoms with Crippen molar-refractivity contribution < 1.29 is 13.9 Å². The molecular weight excluding hydrogens is 454 g/mol. The maximum absolute atomic E-state index is 13.2. The number of amides is 1. The number of hydrogen-bond donors (Lipinski definition) is 1. The van der Waals surface area contributed by atoms with Gasteiger partial charge in [0, 0.05) is 6.54 Å². The van der Waals surface area contributed by atoms with E-state index in [1.54, 1.807) is 6.07 Å². The van der Waals surface area contributed by atoms with E-state index >= 15 is 0 Å². The molecule has 0 aliphatic heterocycles. The highest BCUT2D eigenvalue weighted by Crippen LogP contribution is 2.34. The minimum Gasteiger partial charge on any atom is -0.480 e. The first kappa shape index (κ1) is 23.3. The van der Waals surface area contributed by atoms with Crippen molar-refractivity contribution in [3.8, 4) is 5.88 Å². The average molecular weight is 482 g/mol. The molecule has 2 aromatic carbocycles. The molecule has 0 saturated carbocycles. The highest BCUT2D eigenvalue weighted by molar-refractivity contribution is 6.06. The van der Waals surface area contributed by atoms with Gasteiger partial charge in [-0.15, -0.1) is 0 Å². The molecule has 0 fully saturated rings. The lowest BCUT2D eigenvalue weighted by atomic mass is 9.90. The molecule has 0 radical (unpaired) electrons. The van der Waals surface area contributed by atoms with Gasteiger partial charge >= 0.3 is 6.01 Å². The van der Waals surface area contributed by atoms with Crippen molar-refractivity contribution in [1.82, 2.24) is 19.5 Å². The fraction of sp³-hybridized carbons (Fsp3) is 0.214. The lowest BCUT2D eigenvalue weighted by Crippen LogP contribution is -2.15. The summed E-state index contributed by atoms with van der Waals surface area (Å²) in [4.78, 5) is 27.0. The predicted molar refractivity (Wildman–Crippen MR) is 137 cm³/mol. The van der Waals surface area contributed by atoms with Crippen molar-refractivity contribution in [2.75, 3.05) is 12.4 Å². The maximum atomic E-state index is 13.2. The predicted octanol–water partition coefficient (Wildman–Crippen LogP) is 5.44. The van der Waals surface area contributed by atoms with E-state index in [4.69, 9.17) is 14.1 Å². The van der Waals surface area contributed by atoms with Crippen LogP contribution in [0.15, 0.2) is 77.4 Å². The van der Waals surface area contributed by atoms with E-state index in [0.717, 1.165) is 28.2 Å². The van der Waals surface area contributed by atoms with E-state index in [2.05, 4.69) is 51.0 Å². The van der Waals surface area contributed by atoms with Gasteiger partial charge in [0.2, 0.25) is 5.88 Å². The van der Waals surface area contributed by atoms with Crippen LogP contribution in [0.3, 0.4) is 0 Å². The zero-order chi connectivity index (χ0) is 25.1. The van der Waals surface area contributed by atoms with Crippen molar-refractivity contribution in [2.45, 2.75) is 32.7 Å². The molecule has 0 aliphatic carbocycles. The van der Waals surface area contributed by atoms with E-state index in [1.807, 2.05) is 43.3 Å². The summed E-state index contributed by atoms with van der Waals surface area (Å²) in [6, 6.07) is 22.4. The van der Waals surface area contributed by atoms with Crippen LogP contribution in [0.4, 0.5) is 6.01 Å². The first-order valence-corrected chi connectivity index (χ1v) is 11.9. The molecule has 0 spiro atoms. The minimum absolute atomic E-state index is 0.107. The number of nitrogens with zero attached hydrogens (tertiary/aromatic N) is 4. The van der Waals surface area contributed by atoms with Crippen molar-refractivity contribution in [3.63, 3.8) is 0 Å². The van der Waals surface area contributed by atoms with E-state index in [1.165, 1.54) is 13.4 Å². The van der Waals surface area contributed by atoms with Gasteiger partial charge in [0.15, 0.2) is 5.65 Å². The number of pyridine rings is 1. The highest BCUT2D eigenvalue weighted by atomic mass is 16.5. The number of imidazole rings is 1. The summed E-state index contributed by atoms with van der Waals surface area (Å²) in [6.07, 6.45) is 2.23. The number of hydrogen-bond acceptors (Lipinski definition) is 6. The Morgan fingerprint density at radius 2 is 1.67 bits per heavy atom. The Balaban J connectivity index is 1.63. The molecule has 0 aliphatic rings. The fourth-order valence-corrected chi connectivity index (χ4v) is 4.39. The second kappa shape index (κ2) is 10.0. The molecule has 8 heteroatoms. The van der Waals surface area contributed by atoms with Crippen LogP contribution >= 0.6 is 0 Å². The Kier molecular flexibility index (Phi) is 6.49. The molecule has 5 rings (SSSR count). The zero-order valence-corrected chi connectivity index (χ0v) is 20.4. The molecule has 1 amide bonds. The Labute approximate surface area is 209 Å². The molecule has 8 nitrogen and oxygen atoms in total. The number of oxazole rings is 1. The number of methoxy groups -OCH3 is 1. The summed E-state index contributed by atoms with van der Waals surface area (Å²) in [7, 11) is 1.49. The summed E-state index contributed by atoms with van der Waals surface area (Å²) in [6.45, 7) is 4.67. The number of aryl methyl sites for hydroxylation is 2. The lowest BCUT2D eigenvalue weighted by Gasteiger charge is -2.19. The van der Waals surface area contributed by atoms with Crippen LogP contribution in [0, 0.1) is 0 Å². The molecule has 182 valence electrons. The zero-order valence-electron chi connectivity index (χ0n) is 20.4. The number of carbonyl (C=O) groups is 1. The Morgan fingerprint density at radius 3 is 2.22 bits per heavy atom. The van der Waals surface area contributed by atoms with Gasteiger partial charge in [-0.05, 0) is 30.5 Å². The fourth-order valence-electron chi connectivity index (χ4n) is 4.39. The number of nitrogens with one attached hydrogen (secondary N) is 1. The lowest BCUT2D eigenvalue weighted by molar-refractivity contribution is 0.102. The molecular formula is C28H27N5O3. The average Bonchev–Trinajstić information content (AvgIpc) is 3.52. The van der Waals surface area contributed by atoms with Gasteiger partial charge in [0.1, 0.15) is 17.7 Å². The number of ether oxygens (including phenoxy) is 1. The number of fused-ring (bicyclic) bond motifs is 1. The third-order valence-corrected chi connectivity index (χ3v) is 6.15. The largest absolute Gasteiger partial charge is 0.480 e. The summed E-state index contributed by atoms with van der Waals surface area (Å²) < 4.78 is 12.9. The van der Waals surface area contributed by atoms with E-state index in [0.29, 0.717) is 18.6 Å². The van der Waals surface area contributed by atoms with Crippen LogP contribution in [0.25, 0.3) is 11.2 Å². The Hall–Kier alpha value is -4.46. The molecule has 36 heavy (non-hydrogen) atoms. The third kappa shape index (κ3) is 4.33. The van der Waals surface area contributed by atoms with Gasteiger partial charge in [-0.1, -0.05) is 67.6 Å². The van der Waals surface area contributed by atoms with Crippen LogP contribution in [0.2, 0.25) is 0 Å². The number of carbonyl (C=O) groups excluding carboxylic acids is 1. The van der Waals surface area contributed by atoms with Gasteiger partial charge in [-0.3, -0.25) is 10.1 Å². The van der Waals surface area contributed by atoms with Crippen LogP contribution in [-0.2, 0) is 13.0 Å². The molecule has 3 heterocycles. The summed E-state index contributed by atoms with van der Waals surface area (Å²) in [5, 5.41) is 2.70. The molecule has 0 atom stereocenters. The SMILES string of the molecule is CCc1coc(NC(=O)c2cc3c(nc2OC)nc(C(c2ccccc2)c2ccccc2)n3CC)n1. The van der Waals surface area contributed by atoms with Gasteiger partial charge in [0.05, 0.1) is 24.2 Å². The van der Waals surface area contributed by atoms with Gasteiger partial charge in [-0.2, -0.15) is 9.97 Å². The molecule has 0 bridgehead atoms. The quantitative estimate of drug-likeness (QED) is 0.317. The summed E-state index contributed by atoms with van der Waals surface area (Å²) in [5.41, 5.74) is 4.53. The Bertz CT molecular complexity index is 1450. The van der Waals surface area contributed by atoms with Gasteiger partial charge in [0.25, 0.3) is 5.91 Å². The van der Waals surface area contributed by atoms with Crippen molar-refractivity contribution in [2.24, 2.45) is 0 Å². The molecule has 0 saturated heterocycles. The summed E-state index contributed by atoms with van der Waals surface area (Å²) >= 11 is 0. The Morgan fingerprint density at radius 1 is 1.00 bits per heavy atom. The van der Waals surface area contributed by atoms with Crippen molar-refractivity contribution in [1.29, 1.82) is 0 Å². The minimum atomic E-state index is -0.418. The molecule has 5 aromatic rings. The van der Waals surface area contributed by atoms with Crippen molar-refractivity contribution in [3.05, 3.63) is 101 Å². The first-order valence-electron chi connectivity index (χ1n) is 11.9. The van der Waals surface area contributed by atoms with Gasteiger partial charge in [-0.25, -0.2) is 4.98 Å². The third-order valence-electron chi connectivity index (χ3n) is 6.15. The molecule has 3 aromatic heterocycles. The monoisotopic (exact) mass is 481 g/mol. The van der Waals surface area contributed by atoms with E-state index < -0.39 is 5.91 Å². The maximum Gasteiger partial charge on any atom is 0.301 e. The first-order chi connectivity index (χ1) is 17.6. The second-order valence-corrected chi connectivity index (χ2v) is 8.31. The number of anilines is 1. The van der Waals surface area contributed by atoms with E-state index in [9.17, 15) is 4.79 Å². The number of rotatable bonds is 8. The van der Waals surface area contributed by atoms with Crippen LogP contribution in [0.1, 0.15) is 52.8 Å². The van der Waals surface area contributed by atoms with Gasteiger partial charge < -0.3 is 13.7 Å². The molecule has 0 unspecified atom stereocenters. The standard InChI is InChI=1S/C28H27N5O3/c1-4-20-17-36-28(29-20)32-26(34)21-16-22-24(31-27(21)35-3)30-25(33(22)5-2)23(18-12-8-6-9-13-18)19-14-10-7-11-15-19/h6-17,23H,4-5H2,1-3H3,(H,29,32,34). The van der Waals surface area contributed by atoms with Crippen molar-refractivity contribution >= 4 is 23.1 Å². The summed E-state index contributed by atoms with van der Waals surface area (Å²) in [5.74, 6) is 0.506. The highest BCUT2D eigenvalue weighted by Gasteiger charge is 2.26. The second-order valence-electron chi connectivity index (χ2n) is 8.31. The van der Waals surface area contributed by atoms with Crippen LogP contribution in [0.5, 0.6) is 5.88 Å². The number of benzene rings is 2. The topological polar surface area (TPSA) is 95.1 Å². The number of aromatic nitrogens is 4. The van der Waals surface area contributed by atoms with E-state index in [-0.39, 0.29) is 23.4 Å². The normalized spacial score (nSPS) is 11.2. The van der Waals surface area contributed by atoms with Crippen LogP contribution < -0.4 is 10.1 Å². The van der Waals surface area contributed by atoms with Crippen LogP contribution in [-0.4, -0.2) is 32.5 Å².